The minimum atomic E-state index is -1.15. The predicted molar refractivity (Wildman–Crippen MR) is 66.6 cm³/mol. The molecule has 98 valence electrons. The van der Waals surface area contributed by atoms with Gasteiger partial charge in [-0.05, 0) is 19.1 Å². The zero-order valence-electron chi connectivity index (χ0n) is 10.1. The van der Waals surface area contributed by atoms with Crippen molar-refractivity contribution in [3.05, 3.63) is 23.8 Å². The molecular formula is C12H16N2O4. The van der Waals surface area contributed by atoms with Crippen molar-refractivity contribution in [2.24, 2.45) is 0 Å². The number of nitrogens with one attached hydrogen (secondary N) is 1. The molecule has 0 aliphatic heterocycles. The maximum atomic E-state index is 11.2. The van der Waals surface area contributed by atoms with E-state index in [4.69, 9.17) is 15.6 Å². The lowest BCUT2D eigenvalue weighted by molar-refractivity contribution is -0.121. The minimum absolute atomic E-state index is 0.0756. The molecule has 0 aliphatic carbocycles. The van der Waals surface area contributed by atoms with Crippen LogP contribution in [-0.4, -0.2) is 30.1 Å². The number of benzene rings is 1. The topological polar surface area (TPSA) is 102 Å². The fourth-order valence-corrected chi connectivity index (χ4v) is 1.44. The maximum absolute atomic E-state index is 11.2. The summed E-state index contributed by atoms with van der Waals surface area (Å²) < 4.78 is 5.27. The molecule has 1 rings (SSSR count). The highest BCUT2D eigenvalue weighted by molar-refractivity contribution is 5.96. The van der Waals surface area contributed by atoms with Crippen LogP contribution in [0.5, 0.6) is 5.75 Å². The molecule has 0 bridgehead atoms. The quantitative estimate of drug-likeness (QED) is 0.652. The first-order valence-electron chi connectivity index (χ1n) is 5.57. The van der Waals surface area contributed by atoms with Crippen LogP contribution in [0.1, 0.15) is 23.7 Å². The molecule has 1 amide bonds. The normalized spacial score (nSPS) is 9.83. The molecule has 18 heavy (non-hydrogen) atoms. The van der Waals surface area contributed by atoms with Crippen LogP contribution in [0.25, 0.3) is 0 Å². The van der Waals surface area contributed by atoms with Gasteiger partial charge in [0.1, 0.15) is 11.3 Å². The molecule has 6 heteroatoms. The Morgan fingerprint density at radius 1 is 1.44 bits per heavy atom. The zero-order valence-corrected chi connectivity index (χ0v) is 10.1. The summed E-state index contributed by atoms with van der Waals surface area (Å²) >= 11 is 0. The molecule has 0 atom stereocenters. The van der Waals surface area contributed by atoms with E-state index in [0.29, 0.717) is 6.54 Å². The molecule has 0 saturated carbocycles. The first-order chi connectivity index (χ1) is 8.56. The van der Waals surface area contributed by atoms with Crippen LogP contribution in [0.3, 0.4) is 0 Å². The third-order valence-electron chi connectivity index (χ3n) is 2.23. The van der Waals surface area contributed by atoms with Gasteiger partial charge in [0, 0.05) is 12.2 Å². The van der Waals surface area contributed by atoms with E-state index in [9.17, 15) is 9.59 Å². The number of carbonyl (C=O) groups is 2. The van der Waals surface area contributed by atoms with Crippen molar-refractivity contribution in [3.63, 3.8) is 0 Å². The highest BCUT2D eigenvalue weighted by atomic mass is 16.5. The van der Waals surface area contributed by atoms with Crippen LogP contribution in [0.4, 0.5) is 5.69 Å². The van der Waals surface area contributed by atoms with E-state index in [1.165, 1.54) is 12.1 Å². The molecule has 0 heterocycles. The number of nitrogens with two attached hydrogens (primary N) is 1. The Morgan fingerprint density at radius 2 is 2.17 bits per heavy atom. The van der Waals surface area contributed by atoms with Crippen molar-refractivity contribution in [1.29, 1.82) is 0 Å². The van der Waals surface area contributed by atoms with Gasteiger partial charge in [-0.25, -0.2) is 4.79 Å². The van der Waals surface area contributed by atoms with Crippen LogP contribution < -0.4 is 15.8 Å². The summed E-state index contributed by atoms with van der Waals surface area (Å²) in [4.78, 5) is 22.2. The molecule has 0 saturated heterocycles. The van der Waals surface area contributed by atoms with Crippen LogP contribution in [0.2, 0.25) is 0 Å². The van der Waals surface area contributed by atoms with E-state index in [2.05, 4.69) is 5.32 Å². The first kappa shape index (κ1) is 13.8. The Morgan fingerprint density at radius 3 is 2.78 bits per heavy atom. The van der Waals surface area contributed by atoms with Crippen molar-refractivity contribution in [2.45, 2.75) is 13.3 Å². The Labute approximate surface area is 105 Å². The lowest BCUT2D eigenvalue weighted by Gasteiger charge is -2.10. The van der Waals surface area contributed by atoms with Crippen molar-refractivity contribution in [2.75, 3.05) is 18.9 Å². The van der Waals surface area contributed by atoms with Gasteiger partial charge in [0.15, 0.2) is 0 Å². The van der Waals surface area contributed by atoms with Crippen LogP contribution in [0.15, 0.2) is 18.2 Å². The van der Waals surface area contributed by atoms with Crippen LogP contribution in [0, 0.1) is 0 Å². The third kappa shape index (κ3) is 3.65. The number of aromatic carboxylic acids is 1. The molecule has 0 aliphatic rings. The van der Waals surface area contributed by atoms with E-state index in [0.717, 1.165) is 0 Å². The molecule has 0 radical (unpaired) electrons. The number of carbonyl (C=O) groups excluding carboxylic acids is 1. The summed E-state index contributed by atoms with van der Waals surface area (Å²) in [6.45, 7) is 2.48. The second-order valence-electron chi connectivity index (χ2n) is 3.58. The van der Waals surface area contributed by atoms with Gasteiger partial charge in [0.2, 0.25) is 5.91 Å². The van der Waals surface area contributed by atoms with Gasteiger partial charge in [-0.3, -0.25) is 4.79 Å². The highest BCUT2D eigenvalue weighted by Crippen LogP contribution is 2.24. The molecule has 0 aromatic heterocycles. The van der Waals surface area contributed by atoms with Gasteiger partial charge in [-0.2, -0.15) is 0 Å². The van der Waals surface area contributed by atoms with E-state index in [1.807, 2.05) is 6.92 Å². The van der Waals surface area contributed by atoms with Crippen molar-refractivity contribution in [3.8, 4) is 5.75 Å². The summed E-state index contributed by atoms with van der Waals surface area (Å²) in [5.41, 5.74) is 5.62. The van der Waals surface area contributed by atoms with E-state index in [-0.39, 0.29) is 35.9 Å². The number of nitrogen functional groups attached to an aromatic ring is 1. The molecule has 6 nitrogen and oxygen atoms in total. The summed E-state index contributed by atoms with van der Waals surface area (Å²) in [5.74, 6) is -1.12. The van der Waals surface area contributed by atoms with Crippen molar-refractivity contribution >= 4 is 17.6 Å². The fourth-order valence-electron chi connectivity index (χ4n) is 1.44. The standard InChI is InChI=1S/C12H16N2O4/c1-2-14-10(15)6-7-18-9-5-3-4-8(13)11(9)12(16)17/h3-5H,2,6-7,13H2,1H3,(H,14,15)(H,16,17). The third-order valence-corrected chi connectivity index (χ3v) is 2.23. The largest absolute Gasteiger partial charge is 0.492 e. The number of anilines is 1. The minimum Gasteiger partial charge on any atom is -0.492 e. The summed E-state index contributed by atoms with van der Waals surface area (Å²) in [7, 11) is 0. The van der Waals surface area contributed by atoms with Crippen LogP contribution >= 0.6 is 0 Å². The smallest absolute Gasteiger partial charge is 0.341 e. The lowest BCUT2D eigenvalue weighted by atomic mass is 10.1. The van der Waals surface area contributed by atoms with E-state index in [1.54, 1.807) is 6.07 Å². The molecule has 0 fully saturated rings. The summed E-state index contributed by atoms with van der Waals surface area (Å²) in [6, 6.07) is 4.60. The van der Waals surface area contributed by atoms with Gasteiger partial charge in [0.25, 0.3) is 0 Å². The molecule has 1 aromatic rings. The number of carboxylic acid groups (broad SMARTS) is 1. The molecule has 0 spiro atoms. The molecule has 0 unspecified atom stereocenters. The number of carboxylic acids is 1. The Kier molecular flexibility index (Phi) is 4.98. The van der Waals surface area contributed by atoms with Gasteiger partial charge in [-0.15, -0.1) is 0 Å². The highest BCUT2D eigenvalue weighted by Gasteiger charge is 2.15. The maximum Gasteiger partial charge on any atom is 0.341 e. The van der Waals surface area contributed by atoms with Crippen molar-refractivity contribution < 1.29 is 19.4 Å². The second kappa shape index (κ2) is 6.48. The molecule has 1 aromatic carbocycles. The van der Waals surface area contributed by atoms with Crippen LogP contribution in [-0.2, 0) is 4.79 Å². The van der Waals surface area contributed by atoms with Gasteiger partial charge in [-0.1, -0.05) is 6.07 Å². The number of hydrogen-bond donors (Lipinski definition) is 3. The lowest BCUT2D eigenvalue weighted by Crippen LogP contribution is -2.24. The number of hydrogen-bond acceptors (Lipinski definition) is 4. The molecule has 4 N–H and O–H groups in total. The predicted octanol–water partition coefficient (Wildman–Crippen LogP) is 0.872. The summed E-state index contributed by atoms with van der Waals surface area (Å²) in [5, 5.41) is 11.6. The molecular weight excluding hydrogens is 236 g/mol. The van der Waals surface area contributed by atoms with Crippen molar-refractivity contribution in [1.82, 2.24) is 5.32 Å². The average molecular weight is 252 g/mol. The average Bonchev–Trinajstić information content (AvgIpc) is 2.28. The Bertz CT molecular complexity index is 446. The number of ether oxygens (including phenoxy) is 1. The van der Waals surface area contributed by atoms with E-state index >= 15 is 0 Å². The Balaban J connectivity index is 2.65. The Hall–Kier alpha value is -2.24. The SMILES string of the molecule is CCNC(=O)CCOc1cccc(N)c1C(=O)O. The zero-order chi connectivity index (χ0) is 13.5. The van der Waals surface area contributed by atoms with Gasteiger partial charge >= 0.3 is 5.97 Å². The first-order valence-corrected chi connectivity index (χ1v) is 5.57. The second-order valence-corrected chi connectivity index (χ2v) is 3.58. The van der Waals surface area contributed by atoms with Gasteiger partial charge < -0.3 is 20.9 Å². The number of rotatable bonds is 6. The summed E-state index contributed by atoms with van der Waals surface area (Å²) in [6.07, 6.45) is 0.168. The van der Waals surface area contributed by atoms with Gasteiger partial charge in [0.05, 0.1) is 13.0 Å². The number of amides is 1. The van der Waals surface area contributed by atoms with E-state index < -0.39 is 5.97 Å². The fraction of sp³-hybridized carbons (Fsp3) is 0.333. The monoisotopic (exact) mass is 252 g/mol.